The van der Waals surface area contributed by atoms with Crippen molar-refractivity contribution in [2.75, 3.05) is 5.32 Å². The summed E-state index contributed by atoms with van der Waals surface area (Å²) in [6.45, 7) is 0. The molecule has 1 atom stereocenters. The van der Waals surface area contributed by atoms with Gasteiger partial charge in [-0.1, -0.05) is 44.8 Å². The van der Waals surface area contributed by atoms with Gasteiger partial charge >= 0.3 is 0 Å². The van der Waals surface area contributed by atoms with E-state index in [1.54, 1.807) is 0 Å². The number of nitrogens with zero attached hydrogens (tertiary/aromatic N) is 1. The molecule has 2 aromatic rings. The first-order valence-corrected chi connectivity index (χ1v) is 7.98. The van der Waals surface area contributed by atoms with E-state index in [1.807, 2.05) is 24.3 Å². The van der Waals surface area contributed by atoms with E-state index in [4.69, 9.17) is 16.4 Å². The molecule has 118 valence electrons. The van der Waals surface area contributed by atoms with Crippen molar-refractivity contribution >= 4 is 44.8 Å². The molecule has 2 aromatic carbocycles. The molecule has 5 nitrogen and oxygen atoms in total. The molecule has 1 heterocycles. The number of rotatable bonds is 3. The summed E-state index contributed by atoms with van der Waals surface area (Å²) in [6.07, 6.45) is -0.397. The predicted molar refractivity (Wildman–Crippen MR) is 91.9 cm³/mol. The molecule has 1 aliphatic heterocycles. The number of hydrogen-bond donors (Lipinski definition) is 2. The molecule has 23 heavy (non-hydrogen) atoms. The molecule has 0 saturated carbocycles. The van der Waals surface area contributed by atoms with Crippen LogP contribution in [0.5, 0.6) is 5.75 Å². The number of anilines is 1. The second-order valence-corrected chi connectivity index (χ2v) is 6.35. The zero-order valence-electron chi connectivity index (χ0n) is 11.8. The average Bonchev–Trinajstić information content (AvgIpc) is 3.01. The number of carbonyl (C=O) groups is 1. The maximum absolute atomic E-state index is 12.2. The highest BCUT2D eigenvalue weighted by Crippen LogP contribution is 2.27. The minimum Gasteiger partial charge on any atom is -0.506 e. The summed E-state index contributed by atoms with van der Waals surface area (Å²) < 4.78 is 0.925. The van der Waals surface area contributed by atoms with Gasteiger partial charge in [-0.25, -0.2) is 0 Å². The highest BCUT2D eigenvalue weighted by atomic mass is 79.9. The normalized spacial score (nSPS) is 16.6. The molecular formula is C16H12BrClN2O3. The lowest BCUT2D eigenvalue weighted by Crippen LogP contribution is -2.28. The minimum atomic E-state index is -0.748. The number of hydrogen-bond acceptors (Lipinski definition) is 4. The van der Waals surface area contributed by atoms with Crippen molar-refractivity contribution in [3.63, 3.8) is 0 Å². The number of benzene rings is 2. The molecule has 0 fully saturated rings. The summed E-state index contributed by atoms with van der Waals surface area (Å²) in [5.41, 5.74) is 1.82. The zero-order chi connectivity index (χ0) is 16.4. The maximum Gasteiger partial charge on any atom is 0.268 e. The van der Waals surface area contributed by atoms with Gasteiger partial charge < -0.3 is 15.3 Å². The lowest BCUT2D eigenvalue weighted by atomic mass is 10.0. The van der Waals surface area contributed by atoms with Crippen LogP contribution < -0.4 is 5.32 Å². The van der Waals surface area contributed by atoms with Gasteiger partial charge in [0.25, 0.3) is 5.91 Å². The summed E-state index contributed by atoms with van der Waals surface area (Å²) in [6, 6.07) is 12.0. The minimum absolute atomic E-state index is 0.0612. The fourth-order valence-corrected chi connectivity index (χ4v) is 2.75. The number of halogens is 2. The van der Waals surface area contributed by atoms with Crippen molar-refractivity contribution in [1.29, 1.82) is 0 Å². The zero-order valence-corrected chi connectivity index (χ0v) is 14.1. The highest BCUT2D eigenvalue weighted by molar-refractivity contribution is 9.10. The molecule has 0 radical (unpaired) electrons. The SMILES string of the molecule is O=C(Nc1cc(Cl)ccc1O)[C@@H]1CC(c2cccc(Br)c2)=NO1. The lowest BCUT2D eigenvalue weighted by Gasteiger charge is -2.11. The second kappa shape index (κ2) is 6.60. The Morgan fingerprint density at radius 3 is 2.96 bits per heavy atom. The van der Waals surface area contributed by atoms with Gasteiger partial charge in [-0.3, -0.25) is 4.79 Å². The van der Waals surface area contributed by atoms with Crippen molar-refractivity contribution in [2.45, 2.75) is 12.5 Å². The number of carbonyl (C=O) groups excluding carboxylic acids is 1. The first-order chi connectivity index (χ1) is 11.0. The lowest BCUT2D eigenvalue weighted by molar-refractivity contribution is -0.125. The summed E-state index contributed by atoms with van der Waals surface area (Å²) in [7, 11) is 0. The topological polar surface area (TPSA) is 70.9 Å². The van der Waals surface area contributed by atoms with Gasteiger partial charge in [-0.05, 0) is 30.3 Å². The van der Waals surface area contributed by atoms with E-state index in [2.05, 4.69) is 26.4 Å². The van der Waals surface area contributed by atoms with E-state index in [-0.39, 0.29) is 11.4 Å². The Kier molecular flexibility index (Phi) is 4.54. The van der Waals surface area contributed by atoms with Crippen LogP contribution in [0.4, 0.5) is 5.69 Å². The average molecular weight is 396 g/mol. The van der Waals surface area contributed by atoms with Gasteiger partial charge in [-0.15, -0.1) is 0 Å². The van der Waals surface area contributed by atoms with Crippen LogP contribution in [0, 0.1) is 0 Å². The van der Waals surface area contributed by atoms with E-state index in [1.165, 1.54) is 18.2 Å². The molecule has 0 aromatic heterocycles. The van der Waals surface area contributed by atoms with Crippen LogP contribution in [0.15, 0.2) is 52.1 Å². The van der Waals surface area contributed by atoms with Gasteiger partial charge in [-0.2, -0.15) is 0 Å². The Hall–Kier alpha value is -2.05. The molecule has 1 aliphatic rings. The number of amides is 1. The standard InChI is InChI=1S/C16H12BrClN2O3/c17-10-3-1-2-9(6-10)12-8-15(23-20-12)16(22)19-13-7-11(18)4-5-14(13)21/h1-7,15,21H,8H2,(H,19,22)/t15-/m0/s1. The molecule has 0 unspecified atom stereocenters. The Morgan fingerprint density at radius 2 is 2.17 bits per heavy atom. The Balaban J connectivity index is 1.68. The number of aromatic hydroxyl groups is 1. The molecule has 0 saturated heterocycles. The van der Waals surface area contributed by atoms with E-state index >= 15 is 0 Å². The van der Waals surface area contributed by atoms with Crippen molar-refractivity contribution in [3.8, 4) is 5.75 Å². The summed E-state index contributed by atoms with van der Waals surface area (Å²) in [5, 5.41) is 16.7. The van der Waals surface area contributed by atoms with Crippen molar-refractivity contribution in [1.82, 2.24) is 0 Å². The van der Waals surface area contributed by atoms with Crippen LogP contribution in [0.3, 0.4) is 0 Å². The monoisotopic (exact) mass is 394 g/mol. The Bertz CT molecular complexity index is 795. The van der Waals surface area contributed by atoms with Gasteiger partial charge in [0.2, 0.25) is 6.10 Å². The summed E-state index contributed by atoms with van der Waals surface area (Å²) >= 11 is 9.25. The van der Waals surface area contributed by atoms with Crippen LogP contribution in [0.25, 0.3) is 0 Å². The molecule has 2 N–H and O–H groups in total. The number of nitrogens with one attached hydrogen (secondary N) is 1. The maximum atomic E-state index is 12.2. The fourth-order valence-electron chi connectivity index (χ4n) is 2.18. The molecule has 0 bridgehead atoms. The van der Waals surface area contributed by atoms with E-state index < -0.39 is 12.0 Å². The summed E-state index contributed by atoms with van der Waals surface area (Å²) in [4.78, 5) is 17.5. The third-order valence-electron chi connectivity index (χ3n) is 3.34. The molecular weight excluding hydrogens is 384 g/mol. The van der Waals surface area contributed by atoms with E-state index in [0.29, 0.717) is 17.2 Å². The van der Waals surface area contributed by atoms with Crippen LogP contribution >= 0.6 is 27.5 Å². The van der Waals surface area contributed by atoms with E-state index in [9.17, 15) is 9.90 Å². The molecule has 0 aliphatic carbocycles. The van der Waals surface area contributed by atoms with Crippen molar-refractivity contribution in [2.24, 2.45) is 5.16 Å². The second-order valence-electron chi connectivity index (χ2n) is 5.00. The third kappa shape index (κ3) is 3.65. The largest absolute Gasteiger partial charge is 0.506 e. The fraction of sp³-hybridized carbons (Fsp3) is 0.125. The predicted octanol–water partition coefficient (Wildman–Crippen LogP) is 3.94. The molecule has 3 rings (SSSR count). The third-order valence-corrected chi connectivity index (χ3v) is 4.06. The number of oxime groups is 1. The first kappa shape index (κ1) is 15.8. The molecule has 0 spiro atoms. The van der Waals surface area contributed by atoms with Crippen molar-refractivity contribution < 1.29 is 14.7 Å². The van der Waals surface area contributed by atoms with Crippen LogP contribution in [-0.4, -0.2) is 22.8 Å². The van der Waals surface area contributed by atoms with Crippen molar-refractivity contribution in [3.05, 3.63) is 57.5 Å². The molecule has 1 amide bonds. The number of phenolic OH excluding ortho intramolecular Hbond substituents is 1. The Labute approximate surface area is 146 Å². The summed E-state index contributed by atoms with van der Waals surface area (Å²) in [5.74, 6) is -0.454. The Morgan fingerprint density at radius 1 is 1.35 bits per heavy atom. The van der Waals surface area contributed by atoms with Gasteiger partial charge in [0.05, 0.1) is 11.4 Å². The first-order valence-electron chi connectivity index (χ1n) is 6.81. The van der Waals surface area contributed by atoms with Crippen LogP contribution in [0.2, 0.25) is 5.02 Å². The van der Waals surface area contributed by atoms with Crippen LogP contribution in [-0.2, 0) is 9.63 Å². The van der Waals surface area contributed by atoms with E-state index in [0.717, 1.165) is 10.0 Å². The quantitative estimate of drug-likeness (QED) is 0.773. The van der Waals surface area contributed by atoms with Crippen LogP contribution in [0.1, 0.15) is 12.0 Å². The van der Waals surface area contributed by atoms with Gasteiger partial charge in [0.1, 0.15) is 5.75 Å². The highest BCUT2D eigenvalue weighted by Gasteiger charge is 2.29. The van der Waals surface area contributed by atoms with Gasteiger partial charge in [0.15, 0.2) is 0 Å². The smallest absolute Gasteiger partial charge is 0.268 e. The molecule has 7 heteroatoms. The number of phenols is 1. The van der Waals surface area contributed by atoms with Gasteiger partial charge in [0, 0.05) is 21.5 Å².